The summed E-state index contributed by atoms with van der Waals surface area (Å²) in [6.07, 6.45) is 3.17. The molecule has 1 aromatic carbocycles. The number of carbonyl (C=O) groups excluding carboxylic acids is 1. The third-order valence-corrected chi connectivity index (χ3v) is 5.00. The Bertz CT molecular complexity index is 1020. The molecule has 1 amide bonds. The van der Waals surface area contributed by atoms with Crippen molar-refractivity contribution in [3.05, 3.63) is 47.9 Å². The molecule has 0 spiro atoms. The summed E-state index contributed by atoms with van der Waals surface area (Å²) in [7, 11) is 0. The normalized spacial score (nSPS) is 16.8. The van der Waals surface area contributed by atoms with E-state index in [0.29, 0.717) is 18.7 Å². The lowest BCUT2D eigenvalue weighted by Gasteiger charge is -2.22. The van der Waals surface area contributed by atoms with Crippen molar-refractivity contribution in [3.63, 3.8) is 0 Å². The summed E-state index contributed by atoms with van der Waals surface area (Å²) in [5.41, 5.74) is 2.51. The summed E-state index contributed by atoms with van der Waals surface area (Å²) < 4.78 is 1.64. The molecule has 1 aliphatic heterocycles. The predicted octanol–water partition coefficient (Wildman–Crippen LogP) is 2.20. The van der Waals surface area contributed by atoms with Crippen molar-refractivity contribution in [2.75, 3.05) is 6.54 Å². The Morgan fingerprint density at radius 2 is 2.11 bits per heavy atom. The van der Waals surface area contributed by atoms with Gasteiger partial charge in [-0.3, -0.25) is 14.6 Å². The van der Waals surface area contributed by atoms with E-state index in [2.05, 4.69) is 15.3 Å². The molecule has 0 radical (unpaired) electrons. The first kappa shape index (κ1) is 17.1. The topological polar surface area (TPSA) is 101 Å². The minimum absolute atomic E-state index is 0.0477. The molecule has 2 aromatic heterocycles. The smallest absolute Gasteiger partial charge is 0.305 e. The van der Waals surface area contributed by atoms with E-state index < -0.39 is 5.97 Å². The standard InChI is InChI=1S/C19H19N5O3/c1-12-18(19(27)23-10-4-5-13(23)11-17(25)26)21-22-24(12)16-8-2-7-15-14(16)6-3-9-20-15/h2-3,6-9,13H,4-5,10-11H2,1H3,(H,25,26). The number of aromatic nitrogens is 4. The molecule has 1 unspecified atom stereocenters. The van der Waals surface area contributed by atoms with Crippen LogP contribution in [-0.4, -0.2) is 54.4 Å². The summed E-state index contributed by atoms with van der Waals surface area (Å²) in [5.74, 6) is -1.16. The van der Waals surface area contributed by atoms with Gasteiger partial charge in [-0.15, -0.1) is 5.10 Å². The van der Waals surface area contributed by atoms with Crippen molar-refractivity contribution >= 4 is 22.8 Å². The van der Waals surface area contributed by atoms with Crippen LogP contribution in [0.15, 0.2) is 36.5 Å². The Labute approximate surface area is 155 Å². The Morgan fingerprint density at radius 1 is 1.26 bits per heavy atom. The molecule has 3 aromatic rings. The fraction of sp³-hybridized carbons (Fsp3) is 0.316. The molecule has 1 saturated heterocycles. The average molecular weight is 365 g/mol. The molecule has 4 rings (SSSR count). The van der Waals surface area contributed by atoms with Crippen LogP contribution in [-0.2, 0) is 4.79 Å². The van der Waals surface area contributed by atoms with E-state index in [1.165, 1.54) is 0 Å². The maximum Gasteiger partial charge on any atom is 0.305 e. The van der Waals surface area contributed by atoms with E-state index in [9.17, 15) is 9.59 Å². The van der Waals surface area contributed by atoms with Crippen LogP contribution in [0.2, 0.25) is 0 Å². The van der Waals surface area contributed by atoms with Crippen molar-refractivity contribution in [2.45, 2.75) is 32.2 Å². The van der Waals surface area contributed by atoms with E-state index in [0.717, 1.165) is 23.0 Å². The molecule has 138 valence electrons. The number of pyridine rings is 1. The van der Waals surface area contributed by atoms with Gasteiger partial charge >= 0.3 is 5.97 Å². The number of hydrogen-bond acceptors (Lipinski definition) is 5. The summed E-state index contributed by atoms with van der Waals surface area (Å²) in [6, 6.07) is 9.22. The Balaban J connectivity index is 1.70. The Hall–Kier alpha value is -3.29. The Morgan fingerprint density at radius 3 is 2.93 bits per heavy atom. The van der Waals surface area contributed by atoms with Gasteiger partial charge in [0.25, 0.3) is 5.91 Å². The van der Waals surface area contributed by atoms with Gasteiger partial charge in [-0.1, -0.05) is 11.3 Å². The minimum Gasteiger partial charge on any atom is -0.481 e. The number of carboxylic acids is 1. The molecule has 27 heavy (non-hydrogen) atoms. The van der Waals surface area contributed by atoms with E-state index in [1.807, 2.05) is 30.3 Å². The van der Waals surface area contributed by atoms with E-state index in [1.54, 1.807) is 22.7 Å². The molecule has 1 fully saturated rings. The van der Waals surface area contributed by atoms with Crippen LogP contribution in [0.4, 0.5) is 0 Å². The van der Waals surface area contributed by atoms with Crippen LogP contribution in [0.5, 0.6) is 0 Å². The third-order valence-electron chi connectivity index (χ3n) is 5.00. The molecule has 1 aliphatic rings. The van der Waals surface area contributed by atoms with Gasteiger partial charge < -0.3 is 10.0 Å². The second-order valence-electron chi connectivity index (χ2n) is 6.67. The zero-order valence-electron chi connectivity index (χ0n) is 14.9. The summed E-state index contributed by atoms with van der Waals surface area (Å²) in [4.78, 5) is 30.0. The lowest BCUT2D eigenvalue weighted by atomic mass is 10.1. The van der Waals surface area contributed by atoms with Gasteiger partial charge in [0.15, 0.2) is 5.69 Å². The fourth-order valence-corrected chi connectivity index (χ4v) is 3.68. The summed E-state index contributed by atoms with van der Waals surface area (Å²) in [5, 5.41) is 18.3. The first-order chi connectivity index (χ1) is 13.1. The van der Waals surface area contributed by atoms with E-state index in [-0.39, 0.29) is 24.1 Å². The molecule has 3 heterocycles. The van der Waals surface area contributed by atoms with Crippen LogP contribution < -0.4 is 0 Å². The fourth-order valence-electron chi connectivity index (χ4n) is 3.68. The highest BCUT2D eigenvalue weighted by Crippen LogP contribution is 2.25. The molecule has 1 atom stereocenters. The molecule has 1 N–H and O–H groups in total. The maximum atomic E-state index is 13.0. The van der Waals surface area contributed by atoms with Crippen LogP contribution in [0, 0.1) is 6.92 Å². The van der Waals surface area contributed by atoms with Gasteiger partial charge in [-0.2, -0.15) is 0 Å². The summed E-state index contributed by atoms with van der Waals surface area (Å²) in [6.45, 7) is 2.34. The molecular weight excluding hydrogens is 346 g/mol. The predicted molar refractivity (Wildman–Crippen MR) is 97.7 cm³/mol. The van der Waals surface area contributed by atoms with Gasteiger partial charge in [0.05, 0.1) is 23.3 Å². The Kier molecular flexibility index (Phi) is 4.31. The van der Waals surface area contributed by atoms with Gasteiger partial charge in [0, 0.05) is 24.2 Å². The van der Waals surface area contributed by atoms with E-state index >= 15 is 0 Å². The number of aliphatic carboxylic acids is 1. The number of carboxylic acid groups (broad SMARTS) is 1. The SMILES string of the molecule is Cc1c(C(=O)N2CCCC2CC(=O)O)nnn1-c1cccc2ncccc12. The average Bonchev–Trinajstić information content (AvgIpc) is 3.27. The van der Waals surface area contributed by atoms with Crippen LogP contribution in [0.25, 0.3) is 16.6 Å². The monoisotopic (exact) mass is 365 g/mol. The minimum atomic E-state index is -0.900. The van der Waals surface area contributed by atoms with Crippen LogP contribution >= 0.6 is 0 Å². The van der Waals surface area contributed by atoms with Gasteiger partial charge in [-0.25, -0.2) is 4.68 Å². The number of hydrogen-bond donors (Lipinski definition) is 1. The number of amides is 1. The second kappa shape index (κ2) is 6.79. The van der Waals surface area contributed by atoms with Gasteiger partial charge in [0.1, 0.15) is 0 Å². The van der Waals surface area contributed by atoms with Crippen molar-refractivity contribution in [2.24, 2.45) is 0 Å². The molecule has 0 saturated carbocycles. The molecular formula is C19H19N5O3. The number of carbonyl (C=O) groups is 2. The lowest BCUT2D eigenvalue weighted by Crippen LogP contribution is -2.37. The quantitative estimate of drug-likeness (QED) is 0.761. The first-order valence-electron chi connectivity index (χ1n) is 8.85. The third kappa shape index (κ3) is 3.03. The highest BCUT2D eigenvalue weighted by Gasteiger charge is 2.33. The highest BCUT2D eigenvalue weighted by molar-refractivity contribution is 5.94. The molecule has 8 heteroatoms. The zero-order valence-corrected chi connectivity index (χ0v) is 14.9. The zero-order chi connectivity index (χ0) is 19.0. The van der Waals surface area contributed by atoms with Crippen molar-refractivity contribution in [3.8, 4) is 5.69 Å². The largest absolute Gasteiger partial charge is 0.481 e. The maximum absolute atomic E-state index is 13.0. The van der Waals surface area contributed by atoms with Gasteiger partial charge in [0.2, 0.25) is 0 Å². The van der Waals surface area contributed by atoms with Crippen LogP contribution in [0.1, 0.15) is 35.4 Å². The van der Waals surface area contributed by atoms with Crippen molar-refractivity contribution in [1.82, 2.24) is 24.9 Å². The number of nitrogens with zero attached hydrogens (tertiary/aromatic N) is 5. The number of benzene rings is 1. The second-order valence-corrected chi connectivity index (χ2v) is 6.67. The number of likely N-dealkylation sites (tertiary alicyclic amines) is 1. The molecule has 8 nitrogen and oxygen atoms in total. The summed E-state index contributed by atoms with van der Waals surface area (Å²) >= 11 is 0. The number of rotatable bonds is 4. The molecule has 0 aliphatic carbocycles. The van der Waals surface area contributed by atoms with Gasteiger partial charge in [-0.05, 0) is 44.0 Å². The van der Waals surface area contributed by atoms with E-state index in [4.69, 9.17) is 5.11 Å². The highest BCUT2D eigenvalue weighted by atomic mass is 16.4. The lowest BCUT2D eigenvalue weighted by molar-refractivity contribution is -0.137. The molecule has 0 bridgehead atoms. The number of fused-ring (bicyclic) bond motifs is 1. The van der Waals surface area contributed by atoms with Crippen molar-refractivity contribution < 1.29 is 14.7 Å². The van der Waals surface area contributed by atoms with Crippen LogP contribution in [0.3, 0.4) is 0 Å². The first-order valence-corrected chi connectivity index (χ1v) is 8.85. The van der Waals surface area contributed by atoms with Crippen molar-refractivity contribution in [1.29, 1.82) is 0 Å².